The zero-order chi connectivity index (χ0) is 50.6. The quantitative estimate of drug-likeness (QED) is 0.121. The van der Waals surface area contributed by atoms with Crippen LogP contribution in [0.4, 0.5) is 0 Å². The Hall–Kier alpha value is -7.83. The van der Waals surface area contributed by atoms with E-state index in [-0.39, 0.29) is 30.9 Å². The third-order valence-electron chi connectivity index (χ3n) is 14.4. The summed E-state index contributed by atoms with van der Waals surface area (Å²) in [5.41, 5.74) is 20.1. The van der Waals surface area contributed by atoms with E-state index in [9.17, 15) is 0 Å². The van der Waals surface area contributed by atoms with Gasteiger partial charge in [-0.2, -0.15) is 0 Å². The van der Waals surface area contributed by atoms with Gasteiger partial charge in [-0.3, -0.25) is 15.0 Å². The van der Waals surface area contributed by atoms with Crippen molar-refractivity contribution in [1.29, 1.82) is 0 Å². The molecule has 0 saturated carbocycles. The molecular formula is C68H57IrN6. The largest absolute Gasteiger partial charge is 3.00 e. The summed E-state index contributed by atoms with van der Waals surface area (Å²) in [6.45, 7) is 13.4. The standard InChI is InChI=1S/C68H57N6.Ir/c1-67(2,3)63-44-56-39-45(20-30-59(56)64-70-34-36-73(63)64)16-18-47-38-48(19-17-46-21-31-60-62(42-46)72-66(68(4,5)6)74-37-35-71-65(60)74)41-55(40-47)58-15-11-10-14-57(58)52-26-28-53(29-27-52)61-43-54(32-33-69-61)51-24-22-50(23-25-51)49-12-8-7-9-13-49;/h7-15,20-28,32-44H,16-19H2,1-6H3;/q-3;+3. The second-order valence-electron chi connectivity index (χ2n) is 21.8. The van der Waals surface area contributed by atoms with Crippen molar-refractivity contribution in [1.82, 2.24) is 28.7 Å². The molecule has 7 heteroatoms. The van der Waals surface area contributed by atoms with E-state index in [1.54, 1.807) is 0 Å². The first kappa shape index (κ1) is 49.4. The van der Waals surface area contributed by atoms with E-state index in [1.807, 2.05) is 24.8 Å². The van der Waals surface area contributed by atoms with Gasteiger partial charge in [-0.25, -0.2) is 0 Å². The normalized spacial score (nSPS) is 12.0. The number of benzene rings is 7. The molecule has 0 saturated heterocycles. The van der Waals surface area contributed by atoms with Gasteiger partial charge in [0.1, 0.15) is 5.82 Å². The Morgan fingerprint density at radius 2 is 1.03 bits per heavy atom. The molecule has 12 aromatic rings. The van der Waals surface area contributed by atoms with Gasteiger partial charge in [0.15, 0.2) is 0 Å². The fourth-order valence-electron chi connectivity index (χ4n) is 10.6. The third-order valence-corrected chi connectivity index (χ3v) is 14.4. The van der Waals surface area contributed by atoms with E-state index < -0.39 is 0 Å². The third kappa shape index (κ3) is 9.99. The molecule has 368 valence electrons. The maximum atomic E-state index is 5.20. The molecule has 0 fully saturated rings. The number of nitrogens with zero attached hydrogens (tertiary/aromatic N) is 6. The summed E-state index contributed by atoms with van der Waals surface area (Å²) >= 11 is 0. The van der Waals surface area contributed by atoms with E-state index in [1.165, 1.54) is 55.6 Å². The first-order chi connectivity index (χ1) is 35.9. The smallest absolute Gasteiger partial charge is 0.344 e. The van der Waals surface area contributed by atoms with E-state index >= 15 is 0 Å². The topological polar surface area (TPSA) is 60.4 Å². The molecule has 7 aromatic carbocycles. The molecule has 12 rings (SSSR count). The van der Waals surface area contributed by atoms with E-state index in [0.29, 0.717) is 0 Å². The fraction of sp³-hybridized carbons (Fsp3) is 0.176. The van der Waals surface area contributed by atoms with E-state index in [2.05, 4.69) is 232 Å². The number of aromatic nitrogens is 6. The summed E-state index contributed by atoms with van der Waals surface area (Å²) in [5, 5.41) is 3.18. The maximum absolute atomic E-state index is 5.20. The Balaban J connectivity index is 0.00000602. The molecule has 0 bridgehead atoms. The van der Waals surface area contributed by atoms with Crippen LogP contribution in [0.2, 0.25) is 0 Å². The summed E-state index contributed by atoms with van der Waals surface area (Å²) in [4.78, 5) is 19.5. The van der Waals surface area contributed by atoms with Crippen LogP contribution in [0.5, 0.6) is 0 Å². The van der Waals surface area contributed by atoms with Gasteiger partial charge in [0, 0.05) is 47.5 Å². The van der Waals surface area contributed by atoms with E-state index in [0.717, 1.165) is 92.6 Å². The minimum Gasteiger partial charge on any atom is -0.344 e. The van der Waals surface area contributed by atoms with Gasteiger partial charge in [-0.1, -0.05) is 180 Å². The molecule has 0 N–H and O–H groups in total. The first-order valence-electron chi connectivity index (χ1n) is 25.7. The Labute approximate surface area is 453 Å². The number of aryl methyl sites for hydroxylation is 4. The van der Waals surface area contributed by atoms with Gasteiger partial charge in [-0.05, 0) is 74.6 Å². The van der Waals surface area contributed by atoms with Gasteiger partial charge in [-0.15, -0.1) is 88.1 Å². The Kier molecular flexibility index (Phi) is 13.3. The van der Waals surface area contributed by atoms with Crippen molar-refractivity contribution in [2.45, 2.75) is 78.1 Å². The predicted molar refractivity (Wildman–Crippen MR) is 303 cm³/mol. The van der Waals surface area contributed by atoms with Crippen LogP contribution in [0.15, 0.2) is 189 Å². The van der Waals surface area contributed by atoms with Crippen LogP contribution in [0.1, 0.15) is 75.3 Å². The average molecular weight is 1150 g/mol. The molecule has 5 aromatic heterocycles. The number of rotatable bonds is 11. The fourth-order valence-corrected chi connectivity index (χ4v) is 10.6. The van der Waals surface area contributed by atoms with Crippen molar-refractivity contribution in [3.8, 4) is 55.8 Å². The number of pyridine rings is 2. The van der Waals surface area contributed by atoms with Gasteiger partial charge in [0.05, 0.1) is 11.3 Å². The molecule has 5 heterocycles. The molecule has 75 heavy (non-hydrogen) atoms. The Morgan fingerprint density at radius 1 is 0.440 bits per heavy atom. The van der Waals surface area contributed by atoms with Crippen molar-refractivity contribution in [2.75, 3.05) is 0 Å². The van der Waals surface area contributed by atoms with Crippen LogP contribution in [0.3, 0.4) is 0 Å². The van der Waals surface area contributed by atoms with Gasteiger partial charge in [0.25, 0.3) is 0 Å². The van der Waals surface area contributed by atoms with Crippen molar-refractivity contribution in [3.63, 3.8) is 0 Å². The monoisotopic (exact) mass is 1150 g/mol. The molecule has 0 atom stereocenters. The maximum Gasteiger partial charge on any atom is 3.00 e. The Bertz CT molecular complexity index is 3870. The SMILES string of the molecule is CC(C)(C)c1cc2cc(CCc3cc(CCc4c[c-]c5c(c4)nc(C(C)(C)C)n4ccnc54)cc(-c4ccccc4-c4c[c-]c(-c5cc(-c6ccc(-c7ccccc7)cc6)ccn5)cc4)c3)c[c-]c2c2nccn12.[Ir+3]. The summed E-state index contributed by atoms with van der Waals surface area (Å²) in [6, 6.07) is 68.0. The van der Waals surface area contributed by atoms with Gasteiger partial charge < -0.3 is 13.8 Å². The second-order valence-corrected chi connectivity index (χ2v) is 21.8. The Morgan fingerprint density at radius 3 is 1.69 bits per heavy atom. The number of hydrogen-bond donors (Lipinski definition) is 0. The number of imidazole rings is 2. The van der Waals surface area contributed by atoms with Crippen molar-refractivity contribution in [2.24, 2.45) is 0 Å². The number of hydrogen-bond acceptors (Lipinski definition) is 4. The average Bonchev–Trinajstić information content (AvgIpc) is 4.13. The van der Waals surface area contributed by atoms with Crippen molar-refractivity contribution >= 4 is 33.0 Å². The van der Waals surface area contributed by atoms with Crippen molar-refractivity contribution < 1.29 is 20.1 Å². The van der Waals surface area contributed by atoms with Gasteiger partial charge in [0.2, 0.25) is 0 Å². The second kappa shape index (κ2) is 20.1. The minimum atomic E-state index is -0.150. The van der Waals surface area contributed by atoms with Gasteiger partial charge >= 0.3 is 20.1 Å². The summed E-state index contributed by atoms with van der Waals surface area (Å²) in [6.07, 6.45) is 13.2. The van der Waals surface area contributed by atoms with Crippen LogP contribution < -0.4 is 0 Å². The summed E-state index contributed by atoms with van der Waals surface area (Å²) in [7, 11) is 0. The molecule has 0 aliphatic heterocycles. The molecule has 0 amide bonds. The van der Waals surface area contributed by atoms with Crippen LogP contribution in [0.25, 0.3) is 88.7 Å². The zero-order valence-electron chi connectivity index (χ0n) is 43.2. The first-order valence-corrected chi connectivity index (χ1v) is 25.7. The molecule has 0 unspecified atom stereocenters. The van der Waals surface area contributed by atoms with E-state index in [4.69, 9.17) is 19.9 Å². The van der Waals surface area contributed by atoms with Crippen LogP contribution in [-0.2, 0) is 56.6 Å². The predicted octanol–water partition coefficient (Wildman–Crippen LogP) is 16.0. The van der Waals surface area contributed by atoms with Crippen LogP contribution >= 0.6 is 0 Å². The van der Waals surface area contributed by atoms with Crippen molar-refractivity contribution in [3.05, 3.63) is 241 Å². The molecule has 0 spiro atoms. The van der Waals surface area contributed by atoms with Crippen LogP contribution in [0, 0.1) is 18.2 Å². The molecule has 0 aliphatic rings. The minimum absolute atomic E-state index is 0. The molecule has 0 radical (unpaired) electrons. The molecule has 6 nitrogen and oxygen atoms in total. The zero-order valence-corrected chi connectivity index (χ0v) is 45.6. The summed E-state index contributed by atoms with van der Waals surface area (Å²) in [5.74, 6) is 0.992. The number of fused-ring (bicyclic) bond motifs is 6. The molecule has 0 aliphatic carbocycles. The summed E-state index contributed by atoms with van der Waals surface area (Å²) < 4.78 is 4.32. The molecular weight excluding hydrogens is 1090 g/mol. The van der Waals surface area contributed by atoms with Crippen LogP contribution in [-0.4, -0.2) is 28.7 Å².